The number of aliphatic hydroxyl groups excluding tert-OH is 3. The van der Waals surface area contributed by atoms with Gasteiger partial charge < -0.3 is 20.1 Å². The van der Waals surface area contributed by atoms with Crippen LogP contribution in [0, 0.1) is 11.3 Å². The molecule has 0 saturated heterocycles. The van der Waals surface area contributed by atoms with E-state index in [0.717, 1.165) is 0 Å². The molecule has 86 valence electrons. The molecule has 0 aliphatic heterocycles. The molecule has 0 aromatic carbocycles. The number of ether oxygens (including phenoxy) is 1. The molecular weight excluding hydrogens is 184 g/mol. The lowest BCUT2D eigenvalue weighted by Crippen LogP contribution is -2.31. The fourth-order valence-corrected chi connectivity index (χ4v) is 1.46. The highest BCUT2D eigenvalue weighted by atomic mass is 16.5. The maximum Gasteiger partial charge on any atom is 0.0697 e. The van der Waals surface area contributed by atoms with E-state index in [1.54, 1.807) is 0 Å². The van der Waals surface area contributed by atoms with Gasteiger partial charge in [-0.3, -0.25) is 0 Å². The van der Waals surface area contributed by atoms with Crippen LogP contribution >= 0.6 is 0 Å². The molecule has 4 nitrogen and oxygen atoms in total. The molecule has 0 radical (unpaired) electrons. The first-order valence-corrected chi connectivity index (χ1v) is 4.98. The molecule has 0 heterocycles. The van der Waals surface area contributed by atoms with Crippen LogP contribution in [0.4, 0.5) is 0 Å². The zero-order chi connectivity index (χ0) is 11.0. The number of hydrogen-bond acceptors (Lipinski definition) is 4. The SMILES string of the molecule is CC(CO)CC(C)(CO)COCCO. The summed E-state index contributed by atoms with van der Waals surface area (Å²) in [5, 5.41) is 26.6. The highest BCUT2D eigenvalue weighted by Gasteiger charge is 2.25. The Morgan fingerprint density at radius 2 is 1.93 bits per heavy atom. The van der Waals surface area contributed by atoms with E-state index in [1.807, 2.05) is 13.8 Å². The van der Waals surface area contributed by atoms with E-state index in [0.29, 0.717) is 19.6 Å². The molecule has 3 N–H and O–H groups in total. The second-order valence-corrected chi connectivity index (χ2v) is 4.24. The first-order chi connectivity index (χ1) is 6.58. The minimum absolute atomic E-state index is 0.00291. The van der Waals surface area contributed by atoms with Crippen molar-refractivity contribution >= 4 is 0 Å². The lowest BCUT2D eigenvalue weighted by molar-refractivity contribution is -0.0109. The Labute approximate surface area is 85.5 Å². The van der Waals surface area contributed by atoms with Crippen LogP contribution in [0.15, 0.2) is 0 Å². The van der Waals surface area contributed by atoms with Gasteiger partial charge in [-0.15, -0.1) is 0 Å². The fourth-order valence-electron chi connectivity index (χ4n) is 1.46. The van der Waals surface area contributed by atoms with Crippen LogP contribution in [0.1, 0.15) is 20.3 Å². The van der Waals surface area contributed by atoms with Crippen molar-refractivity contribution in [3.63, 3.8) is 0 Å². The van der Waals surface area contributed by atoms with Gasteiger partial charge in [0.05, 0.1) is 26.4 Å². The van der Waals surface area contributed by atoms with Crippen LogP contribution in [0.5, 0.6) is 0 Å². The molecule has 0 saturated carbocycles. The van der Waals surface area contributed by atoms with Gasteiger partial charge in [-0.25, -0.2) is 0 Å². The van der Waals surface area contributed by atoms with E-state index in [9.17, 15) is 5.11 Å². The Balaban J connectivity index is 3.90. The summed E-state index contributed by atoms with van der Waals surface area (Å²) in [6, 6.07) is 0. The average Bonchev–Trinajstić information content (AvgIpc) is 2.18. The molecule has 0 aromatic rings. The van der Waals surface area contributed by atoms with Crippen molar-refractivity contribution in [1.82, 2.24) is 0 Å². The van der Waals surface area contributed by atoms with Crippen molar-refractivity contribution in [2.45, 2.75) is 20.3 Å². The predicted molar refractivity (Wildman–Crippen MR) is 54.0 cm³/mol. The summed E-state index contributed by atoms with van der Waals surface area (Å²) in [4.78, 5) is 0. The monoisotopic (exact) mass is 206 g/mol. The summed E-state index contributed by atoms with van der Waals surface area (Å²) in [5.74, 6) is 0.157. The first-order valence-electron chi connectivity index (χ1n) is 4.98. The van der Waals surface area contributed by atoms with E-state index in [1.165, 1.54) is 0 Å². The Bertz CT molecular complexity index is 140. The predicted octanol–water partition coefficient (Wildman–Crippen LogP) is 0.0124. The van der Waals surface area contributed by atoms with E-state index < -0.39 is 0 Å². The highest BCUT2D eigenvalue weighted by molar-refractivity contribution is 4.75. The molecule has 0 aliphatic carbocycles. The van der Waals surface area contributed by atoms with Gasteiger partial charge in [0.2, 0.25) is 0 Å². The third-order valence-corrected chi connectivity index (χ3v) is 2.22. The summed E-state index contributed by atoms with van der Waals surface area (Å²) in [5.41, 5.74) is -0.322. The van der Waals surface area contributed by atoms with Gasteiger partial charge >= 0.3 is 0 Å². The zero-order valence-corrected chi connectivity index (χ0v) is 9.07. The number of hydrogen-bond donors (Lipinski definition) is 3. The second-order valence-electron chi connectivity index (χ2n) is 4.24. The number of rotatable bonds is 8. The summed E-state index contributed by atoms with van der Waals surface area (Å²) in [6.45, 7) is 4.70. The molecule has 0 spiro atoms. The van der Waals surface area contributed by atoms with Crippen LogP contribution in [-0.2, 0) is 4.74 Å². The van der Waals surface area contributed by atoms with Crippen LogP contribution < -0.4 is 0 Å². The van der Waals surface area contributed by atoms with Crippen molar-refractivity contribution in [3.8, 4) is 0 Å². The fraction of sp³-hybridized carbons (Fsp3) is 1.00. The van der Waals surface area contributed by atoms with Gasteiger partial charge in [-0.1, -0.05) is 13.8 Å². The molecule has 2 unspecified atom stereocenters. The van der Waals surface area contributed by atoms with Crippen molar-refractivity contribution in [2.75, 3.05) is 33.0 Å². The lowest BCUT2D eigenvalue weighted by Gasteiger charge is -2.29. The van der Waals surface area contributed by atoms with Crippen molar-refractivity contribution in [3.05, 3.63) is 0 Å². The maximum absolute atomic E-state index is 9.20. The van der Waals surface area contributed by atoms with Crippen LogP contribution in [0.2, 0.25) is 0 Å². The Morgan fingerprint density at radius 3 is 2.36 bits per heavy atom. The second kappa shape index (κ2) is 7.17. The quantitative estimate of drug-likeness (QED) is 0.489. The molecule has 0 rings (SSSR count). The normalized spacial score (nSPS) is 17.8. The summed E-state index contributed by atoms with van der Waals surface area (Å²) >= 11 is 0. The lowest BCUT2D eigenvalue weighted by atomic mass is 9.83. The smallest absolute Gasteiger partial charge is 0.0697 e. The molecule has 0 amide bonds. The Hall–Kier alpha value is -0.160. The van der Waals surface area contributed by atoms with E-state index in [4.69, 9.17) is 14.9 Å². The van der Waals surface area contributed by atoms with Gasteiger partial charge in [0.25, 0.3) is 0 Å². The Morgan fingerprint density at radius 1 is 1.29 bits per heavy atom. The molecule has 0 fully saturated rings. The minimum Gasteiger partial charge on any atom is -0.396 e. The summed E-state index contributed by atoms with van der Waals surface area (Å²) in [7, 11) is 0. The van der Waals surface area contributed by atoms with E-state index in [2.05, 4.69) is 0 Å². The third-order valence-electron chi connectivity index (χ3n) is 2.22. The summed E-state index contributed by atoms with van der Waals surface area (Å²) in [6.07, 6.45) is 0.714. The average molecular weight is 206 g/mol. The third kappa shape index (κ3) is 5.54. The minimum atomic E-state index is -0.322. The topological polar surface area (TPSA) is 69.9 Å². The first kappa shape index (κ1) is 13.8. The Kier molecular flexibility index (Phi) is 7.09. The van der Waals surface area contributed by atoms with Gasteiger partial charge in [-0.05, 0) is 12.3 Å². The van der Waals surface area contributed by atoms with Crippen LogP contribution in [-0.4, -0.2) is 48.4 Å². The highest BCUT2D eigenvalue weighted by Crippen LogP contribution is 2.25. The standard InChI is InChI=1S/C10H22O4/c1-9(6-12)5-10(2,7-13)8-14-4-3-11/h9,11-13H,3-8H2,1-2H3. The molecule has 0 aromatic heterocycles. The van der Waals surface area contributed by atoms with Crippen LogP contribution in [0.25, 0.3) is 0 Å². The maximum atomic E-state index is 9.20. The van der Waals surface area contributed by atoms with Gasteiger partial charge in [-0.2, -0.15) is 0 Å². The largest absolute Gasteiger partial charge is 0.396 e. The van der Waals surface area contributed by atoms with Crippen molar-refractivity contribution < 1.29 is 20.1 Å². The summed E-state index contributed by atoms with van der Waals surface area (Å²) < 4.78 is 5.19. The molecule has 14 heavy (non-hydrogen) atoms. The molecule has 0 bridgehead atoms. The molecular formula is C10H22O4. The van der Waals surface area contributed by atoms with Crippen LogP contribution in [0.3, 0.4) is 0 Å². The molecule has 0 aliphatic rings. The molecule has 2 atom stereocenters. The van der Waals surface area contributed by atoms with E-state index in [-0.39, 0.29) is 31.2 Å². The van der Waals surface area contributed by atoms with Gasteiger partial charge in [0.15, 0.2) is 0 Å². The van der Waals surface area contributed by atoms with Crippen molar-refractivity contribution in [2.24, 2.45) is 11.3 Å². The number of aliphatic hydroxyl groups is 3. The van der Waals surface area contributed by atoms with E-state index >= 15 is 0 Å². The van der Waals surface area contributed by atoms with Gasteiger partial charge in [0.1, 0.15) is 0 Å². The zero-order valence-electron chi connectivity index (χ0n) is 9.07. The van der Waals surface area contributed by atoms with Crippen molar-refractivity contribution in [1.29, 1.82) is 0 Å². The van der Waals surface area contributed by atoms with Gasteiger partial charge in [0, 0.05) is 12.0 Å². The molecule has 4 heteroatoms.